The predicted molar refractivity (Wildman–Crippen MR) is 119 cm³/mol. The Bertz CT molecular complexity index is 1090. The largest absolute Gasteiger partial charge is 0.487 e. The zero-order chi connectivity index (χ0) is 22.0. The number of aliphatic hydroxyl groups is 2. The second kappa shape index (κ2) is 9.13. The van der Waals surface area contributed by atoms with Crippen LogP contribution in [0.3, 0.4) is 0 Å². The van der Waals surface area contributed by atoms with Gasteiger partial charge in [0.25, 0.3) is 0 Å². The van der Waals surface area contributed by atoms with Crippen LogP contribution in [0.4, 0.5) is 0 Å². The van der Waals surface area contributed by atoms with Gasteiger partial charge in [-0.05, 0) is 29.3 Å². The van der Waals surface area contributed by atoms with Crippen LogP contribution in [0.25, 0.3) is 0 Å². The van der Waals surface area contributed by atoms with E-state index in [0.717, 1.165) is 32.0 Å². The van der Waals surface area contributed by atoms with Gasteiger partial charge in [0.2, 0.25) is 5.79 Å². The van der Waals surface area contributed by atoms with Gasteiger partial charge in [-0.1, -0.05) is 54.2 Å². The Balaban J connectivity index is 1.66. The van der Waals surface area contributed by atoms with Crippen molar-refractivity contribution in [1.29, 1.82) is 0 Å². The number of ether oxygens (including phenoxy) is 4. The Morgan fingerprint density at radius 1 is 0.781 bits per heavy atom. The van der Waals surface area contributed by atoms with E-state index in [2.05, 4.69) is 12.1 Å². The Hall–Kier alpha value is -2.55. The van der Waals surface area contributed by atoms with Crippen LogP contribution in [0.1, 0.15) is 22.3 Å². The van der Waals surface area contributed by atoms with Gasteiger partial charge in [0, 0.05) is 16.0 Å². The van der Waals surface area contributed by atoms with Crippen LogP contribution >= 0.6 is 11.8 Å². The average molecular weight is 453 g/mol. The molecule has 0 saturated heterocycles. The van der Waals surface area contributed by atoms with Crippen LogP contribution < -0.4 is 9.47 Å². The molecule has 5 rings (SSSR count). The lowest BCUT2D eigenvalue weighted by molar-refractivity contribution is -0.228. The summed E-state index contributed by atoms with van der Waals surface area (Å²) in [5.74, 6) is -0.0914. The van der Waals surface area contributed by atoms with E-state index in [1.165, 1.54) is 0 Å². The van der Waals surface area contributed by atoms with Crippen molar-refractivity contribution in [1.82, 2.24) is 0 Å². The molecule has 0 fully saturated rings. The fourth-order valence-electron chi connectivity index (χ4n) is 4.09. The first-order valence-corrected chi connectivity index (χ1v) is 11.4. The van der Waals surface area contributed by atoms with Crippen molar-refractivity contribution >= 4 is 11.8 Å². The van der Waals surface area contributed by atoms with Gasteiger partial charge in [-0.2, -0.15) is 0 Å². The summed E-state index contributed by atoms with van der Waals surface area (Å²) < 4.78 is 24.8. The molecule has 2 aliphatic heterocycles. The van der Waals surface area contributed by atoms with Gasteiger partial charge < -0.3 is 29.2 Å². The molecule has 0 aromatic heterocycles. The Labute approximate surface area is 190 Å². The van der Waals surface area contributed by atoms with E-state index >= 15 is 0 Å². The molecule has 0 radical (unpaired) electrons. The lowest BCUT2D eigenvalue weighted by Gasteiger charge is -2.39. The molecule has 0 saturated carbocycles. The maximum absolute atomic E-state index is 9.37. The molecule has 1 spiro atoms. The molecule has 7 heteroatoms. The second-order valence-corrected chi connectivity index (χ2v) is 8.53. The summed E-state index contributed by atoms with van der Waals surface area (Å²) in [6.07, 6.45) is 0. The number of hydrogen-bond donors (Lipinski definition) is 2. The number of aliphatic hydroxyl groups excluding tert-OH is 2. The van der Waals surface area contributed by atoms with Crippen molar-refractivity contribution in [2.75, 3.05) is 26.4 Å². The highest BCUT2D eigenvalue weighted by atomic mass is 32.2. The van der Waals surface area contributed by atoms with Crippen molar-refractivity contribution in [3.63, 3.8) is 0 Å². The molecule has 0 atom stereocenters. The van der Waals surface area contributed by atoms with E-state index < -0.39 is 5.79 Å². The summed E-state index contributed by atoms with van der Waals surface area (Å²) in [4.78, 5) is 1.82. The Morgan fingerprint density at radius 3 is 2.16 bits per heavy atom. The van der Waals surface area contributed by atoms with E-state index in [1.54, 1.807) is 11.8 Å². The second-order valence-electron chi connectivity index (χ2n) is 7.47. The molecule has 3 aromatic carbocycles. The molecular formula is C25H24O6S. The molecule has 2 N–H and O–H groups in total. The topological polar surface area (TPSA) is 77.4 Å². The van der Waals surface area contributed by atoms with Gasteiger partial charge in [-0.15, -0.1) is 0 Å². The molecule has 32 heavy (non-hydrogen) atoms. The Kier molecular flexibility index (Phi) is 6.08. The molecule has 0 aliphatic carbocycles. The third kappa shape index (κ3) is 3.66. The summed E-state index contributed by atoms with van der Waals surface area (Å²) in [6.45, 7) is 0.838. The predicted octanol–water partition coefficient (Wildman–Crippen LogP) is 3.84. The monoisotopic (exact) mass is 452 g/mol. The van der Waals surface area contributed by atoms with Crippen LogP contribution in [-0.2, 0) is 28.5 Å². The molecular weight excluding hydrogens is 428 g/mol. The number of benzene rings is 3. The van der Waals surface area contributed by atoms with Gasteiger partial charge in [-0.25, -0.2) is 0 Å². The minimum Gasteiger partial charge on any atom is -0.487 e. The van der Waals surface area contributed by atoms with Crippen LogP contribution in [0.2, 0.25) is 0 Å². The van der Waals surface area contributed by atoms with E-state index in [9.17, 15) is 10.2 Å². The zero-order valence-electron chi connectivity index (χ0n) is 17.5. The third-order valence-electron chi connectivity index (χ3n) is 5.55. The van der Waals surface area contributed by atoms with E-state index in [-0.39, 0.29) is 26.4 Å². The number of rotatable bonds is 6. The van der Waals surface area contributed by atoms with Gasteiger partial charge in [0.15, 0.2) is 11.5 Å². The van der Waals surface area contributed by atoms with Crippen molar-refractivity contribution in [2.45, 2.75) is 28.8 Å². The van der Waals surface area contributed by atoms with Gasteiger partial charge in [0.05, 0.1) is 31.3 Å². The summed E-state index contributed by atoms with van der Waals surface area (Å²) >= 11 is 1.56. The van der Waals surface area contributed by atoms with Crippen LogP contribution in [0.15, 0.2) is 70.5 Å². The number of hydrogen-bond acceptors (Lipinski definition) is 7. The first kappa shape index (κ1) is 21.3. The van der Waals surface area contributed by atoms with Crippen LogP contribution in [0.5, 0.6) is 11.5 Å². The lowest BCUT2D eigenvalue weighted by Crippen LogP contribution is -2.36. The molecule has 3 aromatic rings. The van der Waals surface area contributed by atoms with Crippen molar-refractivity contribution in [3.8, 4) is 11.5 Å². The summed E-state index contributed by atoms with van der Waals surface area (Å²) in [7, 11) is 0. The van der Waals surface area contributed by atoms with E-state index in [0.29, 0.717) is 24.7 Å². The van der Waals surface area contributed by atoms with Crippen LogP contribution in [-0.4, -0.2) is 36.6 Å². The highest BCUT2D eigenvalue weighted by Gasteiger charge is 2.46. The molecule has 2 heterocycles. The molecule has 166 valence electrons. The maximum Gasteiger partial charge on any atom is 0.225 e. The summed E-state index contributed by atoms with van der Waals surface area (Å²) in [6, 6.07) is 19.9. The van der Waals surface area contributed by atoms with Crippen LogP contribution in [0, 0.1) is 0 Å². The fourth-order valence-corrected chi connectivity index (χ4v) is 5.34. The van der Waals surface area contributed by atoms with E-state index in [4.69, 9.17) is 18.9 Å². The minimum atomic E-state index is -1.11. The zero-order valence-corrected chi connectivity index (χ0v) is 18.3. The number of fused-ring (bicyclic) bond motifs is 5. The summed E-state index contributed by atoms with van der Waals surface area (Å²) in [5.41, 5.74) is 3.98. The average Bonchev–Trinajstić information content (AvgIpc) is 3.03. The van der Waals surface area contributed by atoms with Gasteiger partial charge >= 0.3 is 0 Å². The first-order valence-electron chi connectivity index (χ1n) is 10.5. The molecule has 0 unspecified atom stereocenters. The lowest BCUT2D eigenvalue weighted by atomic mass is 9.95. The smallest absolute Gasteiger partial charge is 0.225 e. The first-order chi connectivity index (χ1) is 15.8. The standard InChI is InChI=1S/C25H24O6S/c26-11-13-28-21-10-9-20-24(23(21)29-14-12-27)32-22-8-4-3-7-19(22)25(20)30-15-17-5-1-2-6-18(17)16-31-25/h1-10,26-27H,11-16H2. The van der Waals surface area contributed by atoms with Crippen molar-refractivity contribution in [3.05, 3.63) is 82.9 Å². The highest BCUT2D eigenvalue weighted by Crippen LogP contribution is 2.56. The fraction of sp³-hybridized carbons (Fsp3) is 0.280. The van der Waals surface area contributed by atoms with E-state index in [1.807, 2.05) is 48.5 Å². The minimum absolute atomic E-state index is 0.110. The third-order valence-corrected chi connectivity index (χ3v) is 6.74. The maximum atomic E-state index is 9.37. The molecule has 2 aliphatic rings. The Morgan fingerprint density at radius 2 is 1.44 bits per heavy atom. The summed E-state index contributed by atoms with van der Waals surface area (Å²) in [5, 5.41) is 18.6. The SMILES string of the molecule is OCCOc1ccc2c(c1OCCO)Sc1ccccc1C21OCc2ccccc2CO1. The molecule has 6 nitrogen and oxygen atoms in total. The van der Waals surface area contributed by atoms with Crippen molar-refractivity contribution in [2.24, 2.45) is 0 Å². The van der Waals surface area contributed by atoms with Gasteiger partial charge in [-0.3, -0.25) is 0 Å². The van der Waals surface area contributed by atoms with Crippen molar-refractivity contribution < 1.29 is 29.2 Å². The molecule has 0 amide bonds. The molecule has 0 bridgehead atoms. The quantitative estimate of drug-likeness (QED) is 0.588. The van der Waals surface area contributed by atoms with Gasteiger partial charge in [0.1, 0.15) is 13.2 Å². The highest BCUT2D eigenvalue weighted by molar-refractivity contribution is 7.99. The normalized spacial score (nSPS) is 15.9.